The van der Waals surface area contributed by atoms with E-state index in [9.17, 15) is 4.79 Å². The van der Waals surface area contributed by atoms with Crippen molar-refractivity contribution in [3.05, 3.63) is 12.5 Å². The highest BCUT2D eigenvalue weighted by Gasteiger charge is 2.23. The molecular formula is C19H31N9O. The molecule has 29 heavy (non-hydrogen) atoms. The summed E-state index contributed by atoms with van der Waals surface area (Å²) in [6, 6.07) is 0. The van der Waals surface area contributed by atoms with Crippen LogP contribution in [0.3, 0.4) is 0 Å². The van der Waals surface area contributed by atoms with Crippen LogP contribution in [0.4, 0.5) is 5.82 Å². The van der Waals surface area contributed by atoms with Crippen LogP contribution in [0.25, 0.3) is 11.0 Å². The summed E-state index contributed by atoms with van der Waals surface area (Å²) in [4.78, 5) is 27.2. The number of aryl methyl sites for hydroxylation is 1. The van der Waals surface area contributed by atoms with Crippen LogP contribution >= 0.6 is 0 Å². The van der Waals surface area contributed by atoms with E-state index >= 15 is 0 Å². The van der Waals surface area contributed by atoms with Crippen LogP contribution in [0.2, 0.25) is 0 Å². The molecular weight excluding hydrogens is 370 g/mol. The summed E-state index contributed by atoms with van der Waals surface area (Å²) in [6.07, 6.45) is 5.95. The highest BCUT2D eigenvalue weighted by molar-refractivity contribution is 5.86. The Balaban J connectivity index is 1.52. The summed E-state index contributed by atoms with van der Waals surface area (Å²) in [7, 11) is 3.56. The number of rotatable bonds is 7. The second-order valence-corrected chi connectivity index (χ2v) is 7.20. The van der Waals surface area contributed by atoms with Crippen molar-refractivity contribution in [2.24, 2.45) is 18.0 Å². The molecule has 0 aromatic carbocycles. The number of aliphatic imine (C=N–C) groups is 1. The molecule has 1 saturated heterocycles. The van der Waals surface area contributed by atoms with E-state index in [4.69, 9.17) is 4.99 Å². The third-order valence-corrected chi connectivity index (χ3v) is 5.20. The van der Waals surface area contributed by atoms with Crippen molar-refractivity contribution < 1.29 is 4.79 Å². The first-order chi connectivity index (χ1) is 14.1. The minimum atomic E-state index is 0.127. The lowest BCUT2D eigenvalue weighted by Gasteiger charge is -2.34. The summed E-state index contributed by atoms with van der Waals surface area (Å²) in [6.45, 7) is 6.04. The van der Waals surface area contributed by atoms with Crippen LogP contribution in [-0.2, 0) is 11.8 Å². The molecule has 2 aromatic heterocycles. The van der Waals surface area contributed by atoms with Crippen molar-refractivity contribution in [2.75, 3.05) is 45.1 Å². The molecule has 0 aliphatic carbocycles. The number of carbonyl (C=O) groups is 1. The number of guanidine groups is 1. The Kier molecular flexibility index (Phi) is 7.20. The van der Waals surface area contributed by atoms with Gasteiger partial charge in [-0.15, -0.1) is 0 Å². The van der Waals surface area contributed by atoms with Gasteiger partial charge in [-0.1, -0.05) is 0 Å². The third-order valence-electron chi connectivity index (χ3n) is 5.20. The lowest BCUT2D eigenvalue weighted by molar-refractivity contribution is -0.121. The predicted octanol–water partition coefficient (Wildman–Crippen LogP) is 0.589. The standard InChI is InChI=1S/C19H31N9O/c1-4-21-19(28-9-5-14(6-10-28)11-16(29)20-2)23-8-7-22-17-15-12-26-27(3)18(15)25-13-24-17/h12-14H,4-11H2,1-3H3,(H,20,29)(H,21,23)(H,22,24,25). The molecule has 2 aromatic rings. The lowest BCUT2D eigenvalue weighted by Crippen LogP contribution is -2.46. The second-order valence-electron chi connectivity index (χ2n) is 7.20. The summed E-state index contributed by atoms with van der Waals surface area (Å²) in [5.41, 5.74) is 0.805. The average molecular weight is 402 g/mol. The first-order valence-corrected chi connectivity index (χ1v) is 10.2. The minimum Gasteiger partial charge on any atom is -0.367 e. The molecule has 0 unspecified atom stereocenters. The average Bonchev–Trinajstić information content (AvgIpc) is 3.12. The van der Waals surface area contributed by atoms with E-state index in [1.807, 2.05) is 7.05 Å². The highest BCUT2D eigenvalue weighted by Crippen LogP contribution is 2.20. The zero-order valence-corrected chi connectivity index (χ0v) is 17.5. The zero-order valence-electron chi connectivity index (χ0n) is 17.5. The van der Waals surface area contributed by atoms with E-state index in [0.29, 0.717) is 25.4 Å². The molecule has 3 heterocycles. The molecule has 1 fully saturated rings. The van der Waals surface area contributed by atoms with Crippen molar-refractivity contribution in [3.8, 4) is 0 Å². The van der Waals surface area contributed by atoms with Gasteiger partial charge in [0, 0.05) is 46.7 Å². The van der Waals surface area contributed by atoms with Crippen LogP contribution in [0, 0.1) is 5.92 Å². The number of hydrogen-bond donors (Lipinski definition) is 3. The maximum Gasteiger partial charge on any atom is 0.220 e. The number of likely N-dealkylation sites (tertiary alicyclic amines) is 1. The maximum absolute atomic E-state index is 11.6. The van der Waals surface area contributed by atoms with Crippen LogP contribution in [0.1, 0.15) is 26.2 Å². The molecule has 3 rings (SSSR count). The topological polar surface area (TPSA) is 112 Å². The monoisotopic (exact) mass is 401 g/mol. The van der Waals surface area contributed by atoms with Crippen LogP contribution in [-0.4, -0.2) is 76.3 Å². The van der Waals surface area contributed by atoms with Crippen molar-refractivity contribution in [3.63, 3.8) is 0 Å². The Morgan fingerprint density at radius 1 is 1.31 bits per heavy atom. The molecule has 0 atom stereocenters. The van der Waals surface area contributed by atoms with E-state index in [2.05, 4.69) is 42.8 Å². The predicted molar refractivity (Wildman–Crippen MR) is 114 cm³/mol. The number of aromatic nitrogens is 4. The molecule has 0 bridgehead atoms. The number of carbonyl (C=O) groups excluding carboxylic acids is 1. The van der Waals surface area contributed by atoms with Crippen LogP contribution < -0.4 is 16.0 Å². The van der Waals surface area contributed by atoms with Crippen molar-refractivity contribution in [1.82, 2.24) is 35.3 Å². The fraction of sp³-hybridized carbons (Fsp3) is 0.632. The summed E-state index contributed by atoms with van der Waals surface area (Å²) in [5.74, 6) is 2.29. The highest BCUT2D eigenvalue weighted by atomic mass is 16.1. The number of nitrogens with zero attached hydrogens (tertiary/aromatic N) is 6. The summed E-state index contributed by atoms with van der Waals surface area (Å²) < 4.78 is 1.73. The SMILES string of the molecule is CCNC(=NCCNc1ncnc2c1cnn2C)N1CCC(CC(=O)NC)CC1. The Hall–Kier alpha value is -2.91. The van der Waals surface area contributed by atoms with Gasteiger partial charge in [-0.2, -0.15) is 5.10 Å². The van der Waals surface area contributed by atoms with Gasteiger partial charge in [0.15, 0.2) is 11.6 Å². The van der Waals surface area contributed by atoms with Gasteiger partial charge in [-0.25, -0.2) is 9.97 Å². The fourth-order valence-corrected chi connectivity index (χ4v) is 3.58. The number of fused-ring (bicyclic) bond motifs is 1. The van der Waals surface area contributed by atoms with E-state index in [0.717, 1.165) is 55.3 Å². The third kappa shape index (κ3) is 5.33. The van der Waals surface area contributed by atoms with Gasteiger partial charge in [0.05, 0.1) is 18.1 Å². The Labute approximate surface area is 171 Å². The van der Waals surface area contributed by atoms with Crippen LogP contribution in [0.15, 0.2) is 17.5 Å². The van der Waals surface area contributed by atoms with Gasteiger partial charge in [0.25, 0.3) is 0 Å². The Morgan fingerprint density at radius 3 is 2.83 bits per heavy atom. The Morgan fingerprint density at radius 2 is 2.10 bits per heavy atom. The van der Waals surface area contributed by atoms with E-state index in [-0.39, 0.29) is 5.91 Å². The molecule has 158 valence electrons. The zero-order chi connectivity index (χ0) is 20.6. The quantitative estimate of drug-likeness (QED) is 0.354. The molecule has 10 heteroatoms. The summed E-state index contributed by atoms with van der Waals surface area (Å²) in [5, 5.41) is 14.6. The van der Waals surface area contributed by atoms with Crippen molar-refractivity contribution >= 4 is 28.7 Å². The lowest BCUT2D eigenvalue weighted by atomic mass is 9.93. The number of hydrogen-bond acceptors (Lipinski definition) is 6. The smallest absolute Gasteiger partial charge is 0.220 e. The van der Waals surface area contributed by atoms with Gasteiger partial charge < -0.3 is 20.9 Å². The van der Waals surface area contributed by atoms with Crippen molar-refractivity contribution in [1.29, 1.82) is 0 Å². The molecule has 3 N–H and O–H groups in total. The second kappa shape index (κ2) is 10.0. The van der Waals surface area contributed by atoms with Gasteiger partial charge in [-0.3, -0.25) is 14.5 Å². The molecule has 0 saturated carbocycles. The van der Waals surface area contributed by atoms with E-state index < -0.39 is 0 Å². The van der Waals surface area contributed by atoms with Gasteiger partial charge in [0.1, 0.15) is 12.1 Å². The minimum absolute atomic E-state index is 0.127. The maximum atomic E-state index is 11.6. The molecule has 0 radical (unpaired) electrons. The van der Waals surface area contributed by atoms with Gasteiger partial charge in [-0.05, 0) is 25.7 Å². The summed E-state index contributed by atoms with van der Waals surface area (Å²) >= 11 is 0. The van der Waals surface area contributed by atoms with E-state index in [1.165, 1.54) is 0 Å². The number of piperidine rings is 1. The number of anilines is 1. The molecule has 1 aliphatic rings. The normalized spacial score (nSPS) is 15.6. The molecule has 0 spiro atoms. The molecule has 1 amide bonds. The molecule has 10 nitrogen and oxygen atoms in total. The van der Waals surface area contributed by atoms with Crippen LogP contribution in [0.5, 0.6) is 0 Å². The number of amides is 1. The fourth-order valence-electron chi connectivity index (χ4n) is 3.58. The number of nitrogens with one attached hydrogen (secondary N) is 3. The largest absolute Gasteiger partial charge is 0.367 e. The van der Waals surface area contributed by atoms with E-state index in [1.54, 1.807) is 24.3 Å². The first-order valence-electron chi connectivity index (χ1n) is 10.2. The van der Waals surface area contributed by atoms with Crippen molar-refractivity contribution in [2.45, 2.75) is 26.2 Å². The first kappa shape index (κ1) is 20.8. The van der Waals surface area contributed by atoms with Gasteiger partial charge >= 0.3 is 0 Å². The van der Waals surface area contributed by atoms with Gasteiger partial charge in [0.2, 0.25) is 5.91 Å². The molecule has 1 aliphatic heterocycles. The Bertz CT molecular complexity index is 839.